The van der Waals surface area contributed by atoms with Crippen molar-refractivity contribution in [2.45, 2.75) is 6.92 Å². The van der Waals surface area contributed by atoms with E-state index in [0.29, 0.717) is 36.0 Å². The Bertz CT molecular complexity index is 890. The van der Waals surface area contributed by atoms with Crippen LogP contribution < -0.4 is 14.9 Å². The van der Waals surface area contributed by atoms with Crippen molar-refractivity contribution in [3.05, 3.63) is 84.3 Å². The Balaban J connectivity index is 1.56. The molecule has 0 aliphatic rings. The van der Waals surface area contributed by atoms with Gasteiger partial charge in [-0.05, 0) is 43.3 Å². The molecule has 0 bridgehead atoms. The molecule has 6 nitrogen and oxygen atoms in total. The van der Waals surface area contributed by atoms with Crippen molar-refractivity contribution in [1.29, 1.82) is 0 Å². The molecule has 0 spiro atoms. The average Bonchev–Trinajstić information content (AvgIpc) is 3.25. The summed E-state index contributed by atoms with van der Waals surface area (Å²) in [5, 5.41) is 4.06. The van der Waals surface area contributed by atoms with Gasteiger partial charge in [-0.15, -0.1) is 0 Å². The summed E-state index contributed by atoms with van der Waals surface area (Å²) in [6.07, 6.45) is 1.55. The highest BCUT2D eigenvalue weighted by molar-refractivity contribution is 6.00. The molecule has 1 N–H and O–H groups in total. The first kappa shape index (κ1) is 18.3. The maximum absolute atomic E-state index is 12.4. The van der Waals surface area contributed by atoms with E-state index in [1.54, 1.807) is 43.5 Å². The Morgan fingerprint density at radius 3 is 2.48 bits per heavy atom. The van der Waals surface area contributed by atoms with Crippen LogP contribution in [-0.4, -0.2) is 24.8 Å². The Morgan fingerprint density at radius 2 is 1.70 bits per heavy atom. The maximum atomic E-state index is 12.4. The number of hydrazone groups is 1. The van der Waals surface area contributed by atoms with Gasteiger partial charge < -0.3 is 13.9 Å². The number of carbonyl (C=O) groups excluding carboxylic acids is 1. The molecule has 2 aromatic carbocycles. The van der Waals surface area contributed by atoms with Crippen LogP contribution in [0.5, 0.6) is 11.5 Å². The van der Waals surface area contributed by atoms with Gasteiger partial charge in [-0.25, -0.2) is 5.43 Å². The Labute approximate surface area is 157 Å². The highest BCUT2D eigenvalue weighted by atomic mass is 16.5. The third-order valence-corrected chi connectivity index (χ3v) is 3.69. The van der Waals surface area contributed by atoms with E-state index >= 15 is 0 Å². The van der Waals surface area contributed by atoms with Crippen molar-refractivity contribution < 1.29 is 18.7 Å². The predicted molar refractivity (Wildman–Crippen MR) is 102 cm³/mol. The van der Waals surface area contributed by atoms with Crippen molar-refractivity contribution in [2.24, 2.45) is 5.10 Å². The largest absolute Gasteiger partial charge is 0.490 e. The lowest BCUT2D eigenvalue weighted by Gasteiger charge is -2.11. The van der Waals surface area contributed by atoms with Gasteiger partial charge in [-0.3, -0.25) is 4.79 Å². The molecule has 1 aromatic heterocycles. The van der Waals surface area contributed by atoms with Crippen molar-refractivity contribution in [1.82, 2.24) is 5.43 Å². The summed E-state index contributed by atoms with van der Waals surface area (Å²) in [5.41, 5.74) is 3.49. The van der Waals surface area contributed by atoms with E-state index in [1.807, 2.05) is 36.4 Å². The predicted octanol–water partition coefficient (Wildman–Crippen LogP) is 3.89. The minimum absolute atomic E-state index is 0.313. The smallest absolute Gasteiger partial charge is 0.275 e. The molecule has 3 aromatic rings. The molecule has 6 heteroatoms. The monoisotopic (exact) mass is 364 g/mol. The summed E-state index contributed by atoms with van der Waals surface area (Å²) >= 11 is 0. The van der Waals surface area contributed by atoms with Gasteiger partial charge in [0.25, 0.3) is 5.91 Å². The zero-order valence-corrected chi connectivity index (χ0v) is 14.9. The second-order valence-corrected chi connectivity index (χ2v) is 5.62. The van der Waals surface area contributed by atoms with Gasteiger partial charge in [-0.1, -0.05) is 30.3 Å². The van der Waals surface area contributed by atoms with E-state index in [1.165, 1.54) is 0 Å². The summed E-state index contributed by atoms with van der Waals surface area (Å²) in [5.74, 6) is 1.48. The Hall–Kier alpha value is -3.54. The number of rotatable bonds is 8. The summed E-state index contributed by atoms with van der Waals surface area (Å²) < 4.78 is 16.5. The molecule has 0 atom stereocenters. The van der Waals surface area contributed by atoms with E-state index in [-0.39, 0.29) is 5.91 Å². The number of hydrogen-bond acceptors (Lipinski definition) is 5. The SMILES string of the molecule is C/C(=N\NC(=O)c1ccccc1OCCOc1ccccc1)c1ccco1. The normalized spacial score (nSPS) is 11.1. The second kappa shape index (κ2) is 9.24. The van der Waals surface area contributed by atoms with Crippen molar-refractivity contribution in [3.8, 4) is 11.5 Å². The van der Waals surface area contributed by atoms with Gasteiger partial charge in [0.1, 0.15) is 36.2 Å². The number of furan rings is 1. The molecule has 27 heavy (non-hydrogen) atoms. The van der Waals surface area contributed by atoms with Crippen LogP contribution in [0.3, 0.4) is 0 Å². The molecule has 3 rings (SSSR count). The number of ether oxygens (including phenoxy) is 2. The topological polar surface area (TPSA) is 73.1 Å². The molecular formula is C21H20N2O4. The first-order valence-electron chi connectivity index (χ1n) is 8.52. The van der Waals surface area contributed by atoms with Crippen LogP contribution in [0.4, 0.5) is 0 Å². The number of amides is 1. The third kappa shape index (κ3) is 5.22. The first-order chi connectivity index (χ1) is 13.2. The fourth-order valence-corrected chi connectivity index (χ4v) is 2.34. The van der Waals surface area contributed by atoms with Crippen LogP contribution in [0.15, 0.2) is 82.5 Å². The quantitative estimate of drug-likeness (QED) is 0.374. The van der Waals surface area contributed by atoms with Crippen molar-refractivity contribution in [3.63, 3.8) is 0 Å². The lowest BCUT2D eigenvalue weighted by Crippen LogP contribution is -2.20. The van der Waals surface area contributed by atoms with Crippen molar-refractivity contribution in [2.75, 3.05) is 13.2 Å². The van der Waals surface area contributed by atoms with E-state index in [4.69, 9.17) is 13.9 Å². The number of nitrogens with one attached hydrogen (secondary N) is 1. The molecule has 1 amide bonds. The molecule has 0 radical (unpaired) electrons. The zero-order valence-electron chi connectivity index (χ0n) is 14.9. The van der Waals surface area contributed by atoms with Crippen LogP contribution in [0, 0.1) is 0 Å². The molecule has 0 saturated carbocycles. The fraction of sp³-hybridized carbons (Fsp3) is 0.143. The molecule has 0 fully saturated rings. The second-order valence-electron chi connectivity index (χ2n) is 5.62. The number of hydrogen-bond donors (Lipinski definition) is 1. The van der Waals surface area contributed by atoms with Gasteiger partial charge >= 0.3 is 0 Å². The van der Waals surface area contributed by atoms with Gasteiger partial charge in [0.2, 0.25) is 0 Å². The summed E-state index contributed by atoms with van der Waals surface area (Å²) in [7, 11) is 0. The summed E-state index contributed by atoms with van der Waals surface area (Å²) in [4.78, 5) is 12.4. The van der Waals surface area contributed by atoms with Crippen molar-refractivity contribution >= 4 is 11.6 Å². The lowest BCUT2D eigenvalue weighted by atomic mass is 10.2. The van der Waals surface area contributed by atoms with Gasteiger partial charge in [0.05, 0.1) is 11.8 Å². The van der Waals surface area contributed by atoms with E-state index < -0.39 is 0 Å². The summed E-state index contributed by atoms with van der Waals surface area (Å²) in [6.45, 7) is 2.44. The molecule has 138 valence electrons. The van der Waals surface area contributed by atoms with Crippen LogP contribution in [0.2, 0.25) is 0 Å². The highest BCUT2D eigenvalue weighted by Crippen LogP contribution is 2.18. The van der Waals surface area contributed by atoms with E-state index in [2.05, 4.69) is 10.5 Å². The maximum Gasteiger partial charge on any atom is 0.275 e. The fourth-order valence-electron chi connectivity index (χ4n) is 2.34. The minimum atomic E-state index is -0.361. The number of nitrogens with zero attached hydrogens (tertiary/aromatic N) is 1. The van der Waals surface area contributed by atoms with Crippen LogP contribution in [-0.2, 0) is 0 Å². The molecule has 0 aliphatic carbocycles. The highest BCUT2D eigenvalue weighted by Gasteiger charge is 2.12. The molecule has 0 saturated heterocycles. The zero-order chi connectivity index (χ0) is 18.9. The van der Waals surface area contributed by atoms with Crippen LogP contribution in [0.1, 0.15) is 23.0 Å². The Kier molecular flexibility index (Phi) is 6.25. The molecule has 1 heterocycles. The average molecular weight is 364 g/mol. The standard InChI is InChI=1S/C21H20N2O4/c1-16(19-12-7-13-26-19)22-23-21(24)18-10-5-6-11-20(18)27-15-14-25-17-8-3-2-4-9-17/h2-13H,14-15H2,1H3,(H,23,24)/b22-16+. The van der Waals surface area contributed by atoms with Gasteiger partial charge in [0.15, 0.2) is 0 Å². The van der Waals surface area contributed by atoms with Gasteiger partial charge in [-0.2, -0.15) is 5.10 Å². The summed E-state index contributed by atoms with van der Waals surface area (Å²) in [6, 6.07) is 20.0. The molecular weight excluding hydrogens is 344 g/mol. The van der Waals surface area contributed by atoms with E-state index in [9.17, 15) is 4.79 Å². The van der Waals surface area contributed by atoms with Crippen LogP contribution in [0.25, 0.3) is 0 Å². The molecule has 0 unspecified atom stereocenters. The van der Waals surface area contributed by atoms with Crippen LogP contribution >= 0.6 is 0 Å². The number of benzene rings is 2. The molecule has 0 aliphatic heterocycles. The number of para-hydroxylation sites is 2. The minimum Gasteiger partial charge on any atom is -0.490 e. The lowest BCUT2D eigenvalue weighted by molar-refractivity contribution is 0.0949. The Morgan fingerprint density at radius 1 is 0.963 bits per heavy atom. The number of carbonyl (C=O) groups is 1. The third-order valence-electron chi connectivity index (χ3n) is 3.69. The van der Waals surface area contributed by atoms with Gasteiger partial charge in [0, 0.05) is 0 Å². The first-order valence-corrected chi connectivity index (χ1v) is 8.52. The van der Waals surface area contributed by atoms with E-state index in [0.717, 1.165) is 5.75 Å².